The summed E-state index contributed by atoms with van der Waals surface area (Å²) >= 11 is 6.03. The van der Waals surface area contributed by atoms with Gasteiger partial charge < -0.3 is 10.6 Å². The van der Waals surface area contributed by atoms with E-state index >= 15 is 0 Å². The Morgan fingerprint density at radius 1 is 1.09 bits per heavy atom. The molecule has 1 aromatic carbocycles. The summed E-state index contributed by atoms with van der Waals surface area (Å²) in [5, 5.41) is 6.60. The summed E-state index contributed by atoms with van der Waals surface area (Å²) in [4.78, 5) is 20.7. The zero-order chi connectivity index (χ0) is 16.1. The highest BCUT2D eigenvalue weighted by molar-refractivity contribution is 6.33. The predicted molar refractivity (Wildman–Crippen MR) is 91.9 cm³/mol. The minimum Gasteiger partial charge on any atom is -0.366 e. The Kier molecular flexibility index (Phi) is 5.08. The van der Waals surface area contributed by atoms with Crippen LogP contribution in [-0.2, 0) is 0 Å². The van der Waals surface area contributed by atoms with Crippen LogP contribution in [0.3, 0.4) is 0 Å². The van der Waals surface area contributed by atoms with Crippen molar-refractivity contribution in [2.45, 2.75) is 38.1 Å². The minimum atomic E-state index is -0.324. The molecule has 0 bridgehead atoms. The number of amides is 1. The molecule has 5 nitrogen and oxygen atoms in total. The fraction of sp³-hybridized carbons (Fsp3) is 0.353. The van der Waals surface area contributed by atoms with Gasteiger partial charge in [-0.25, -0.2) is 9.97 Å². The molecule has 1 aliphatic rings. The van der Waals surface area contributed by atoms with Crippen molar-refractivity contribution in [1.82, 2.24) is 9.97 Å². The van der Waals surface area contributed by atoms with Gasteiger partial charge in [0, 0.05) is 6.04 Å². The molecule has 1 fully saturated rings. The smallest absolute Gasteiger partial charge is 0.275 e. The highest BCUT2D eigenvalue weighted by atomic mass is 35.5. The predicted octanol–water partition coefficient (Wildman–Crippen LogP) is 4.13. The van der Waals surface area contributed by atoms with Crippen LogP contribution >= 0.6 is 11.6 Å². The number of benzene rings is 1. The average Bonchev–Trinajstić information content (AvgIpc) is 2.58. The number of hydrogen-bond acceptors (Lipinski definition) is 4. The van der Waals surface area contributed by atoms with Gasteiger partial charge in [0.05, 0.1) is 23.1 Å². The van der Waals surface area contributed by atoms with Crippen LogP contribution in [0.1, 0.15) is 42.6 Å². The van der Waals surface area contributed by atoms with E-state index in [9.17, 15) is 4.79 Å². The maximum absolute atomic E-state index is 12.2. The third-order valence-electron chi connectivity index (χ3n) is 3.96. The number of nitrogens with zero attached hydrogens (tertiary/aromatic N) is 2. The SMILES string of the molecule is O=C(Nc1ccccc1Cl)c1cnc(NC2CCCCC2)cn1. The first-order valence-electron chi connectivity index (χ1n) is 7.87. The van der Waals surface area contributed by atoms with Gasteiger partial charge in [0.25, 0.3) is 5.91 Å². The quantitative estimate of drug-likeness (QED) is 0.884. The molecule has 0 radical (unpaired) electrons. The van der Waals surface area contributed by atoms with Crippen molar-refractivity contribution in [2.24, 2.45) is 0 Å². The molecule has 1 amide bonds. The van der Waals surface area contributed by atoms with E-state index in [1.54, 1.807) is 18.3 Å². The van der Waals surface area contributed by atoms with Crippen LogP contribution < -0.4 is 10.6 Å². The molecule has 120 valence electrons. The number of carbonyl (C=O) groups is 1. The molecule has 1 saturated carbocycles. The van der Waals surface area contributed by atoms with E-state index in [4.69, 9.17) is 11.6 Å². The number of hydrogen-bond donors (Lipinski definition) is 2. The van der Waals surface area contributed by atoms with Crippen LogP contribution in [0.25, 0.3) is 0 Å². The highest BCUT2D eigenvalue weighted by Gasteiger charge is 2.14. The Balaban J connectivity index is 1.62. The lowest BCUT2D eigenvalue weighted by atomic mass is 9.96. The Morgan fingerprint density at radius 3 is 2.57 bits per heavy atom. The molecule has 0 aliphatic heterocycles. The lowest BCUT2D eigenvalue weighted by molar-refractivity contribution is 0.102. The maximum atomic E-state index is 12.2. The molecule has 0 unspecified atom stereocenters. The first-order chi connectivity index (χ1) is 11.2. The number of halogens is 1. The van der Waals surface area contributed by atoms with Crippen molar-refractivity contribution in [3.8, 4) is 0 Å². The normalized spacial score (nSPS) is 15.2. The summed E-state index contributed by atoms with van der Waals surface area (Å²) in [5.41, 5.74) is 0.824. The van der Waals surface area contributed by atoms with Gasteiger partial charge in [0.15, 0.2) is 0 Å². The second-order valence-electron chi connectivity index (χ2n) is 5.70. The molecule has 1 aliphatic carbocycles. The van der Waals surface area contributed by atoms with Gasteiger partial charge in [0.2, 0.25) is 0 Å². The van der Waals surface area contributed by atoms with Crippen molar-refractivity contribution < 1.29 is 4.79 Å². The Morgan fingerprint density at radius 2 is 1.87 bits per heavy atom. The zero-order valence-corrected chi connectivity index (χ0v) is 13.5. The molecule has 0 saturated heterocycles. The van der Waals surface area contributed by atoms with E-state index in [0.717, 1.165) is 12.8 Å². The Hall–Kier alpha value is -2.14. The monoisotopic (exact) mass is 330 g/mol. The highest BCUT2D eigenvalue weighted by Crippen LogP contribution is 2.22. The van der Waals surface area contributed by atoms with Crippen molar-refractivity contribution >= 4 is 29.0 Å². The fourth-order valence-electron chi connectivity index (χ4n) is 2.72. The lowest BCUT2D eigenvalue weighted by Gasteiger charge is -2.23. The van der Waals surface area contributed by atoms with Crippen LogP contribution in [0.15, 0.2) is 36.7 Å². The van der Waals surface area contributed by atoms with Gasteiger partial charge in [-0.15, -0.1) is 0 Å². The Bertz CT molecular complexity index is 669. The molecule has 6 heteroatoms. The van der Waals surface area contributed by atoms with Crippen molar-refractivity contribution in [1.29, 1.82) is 0 Å². The van der Waals surface area contributed by atoms with Crippen molar-refractivity contribution in [2.75, 3.05) is 10.6 Å². The molecule has 3 rings (SSSR count). The van der Waals surface area contributed by atoms with Crippen molar-refractivity contribution in [3.63, 3.8) is 0 Å². The summed E-state index contributed by atoms with van der Waals surface area (Å²) < 4.78 is 0. The number of anilines is 2. The number of rotatable bonds is 4. The molecule has 1 aromatic heterocycles. The van der Waals surface area contributed by atoms with E-state index in [2.05, 4.69) is 20.6 Å². The number of nitrogens with one attached hydrogen (secondary N) is 2. The van der Waals surface area contributed by atoms with E-state index in [1.165, 1.54) is 25.5 Å². The van der Waals surface area contributed by atoms with Crippen LogP contribution in [0.4, 0.5) is 11.5 Å². The molecule has 1 heterocycles. The zero-order valence-electron chi connectivity index (χ0n) is 12.8. The van der Waals surface area contributed by atoms with Gasteiger partial charge in [-0.3, -0.25) is 4.79 Å². The van der Waals surface area contributed by atoms with E-state index < -0.39 is 0 Å². The van der Waals surface area contributed by atoms with Gasteiger partial charge in [0.1, 0.15) is 11.5 Å². The molecule has 2 N–H and O–H groups in total. The first kappa shape index (κ1) is 15.7. The van der Waals surface area contributed by atoms with Gasteiger partial charge in [-0.2, -0.15) is 0 Å². The second kappa shape index (κ2) is 7.42. The van der Waals surface area contributed by atoms with Crippen LogP contribution in [0, 0.1) is 0 Å². The largest absolute Gasteiger partial charge is 0.366 e. The third kappa shape index (κ3) is 4.20. The van der Waals surface area contributed by atoms with Gasteiger partial charge in [-0.1, -0.05) is 43.0 Å². The molecule has 2 aromatic rings. The molecule has 0 atom stereocenters. The van der Waals surface area contributed by atoms with Crippen molar-refractivity contribution in [3.05, 3.63) is 47.4 Å². The number of para-hydroxylation sites is 1. The molecule has 0 spiro atoms. The standard InChI is InChI=1S/C17H19ClN4O/c18-13-8-4-5-9-14(13)22-17(23)15-10-20-16(11-19-15)21-12-6-2-1-3-7-12/h4-5,8-12H,1-3,6-7H2,(H,20,21)(H,22,23). The maximum Gasteiger partial charge on any atom is 0.275 e. The summed E-state index contributed by atoms with van der Waals surface area (Å²) in [6, 6.07) is 7.54. The van der Waals surface area contributed by atoms with Gasteiger partial charge >= 0.3 is 0 Å². The van der Waals surface area contributed by atoms with Gasteiger partial charge in [-0.05, 0) is 25.0 Å². The fourth-order valence-corrected chi connectivity index (χ4v) is 2.91. The molecular weight excluding hydrogens is 312 g/mol. The van der Waals surface area contributed by atoms with E-state index in [0.29, 0.717) is 22.6 Å². The summed E-state index contributed by atoms with van der Waals surface area (Å²) in [6.45, 7) is 0. The topological polar surface area (TPSA) is 66.9 Å². The molecule has 23 heavy (non-hydrogen) atoms. The molecular formula is C17H19ClN4O. The first-order valence-corrected chi connectivity index (χ1v) is 8.24. The average molecular weight is 331 g/mol. The Labute approximate surface area is 140 Å². The van der Waals surface area contributed by atoms with Crippen LogP contribution in [-0.4, -0.2) is 21.9 Å². The van der Waals surface area contributed by atoms with E-state index in [1.807, 2.05) is 12.1 Å². The number of aromatic nitrogens is 2. The third-order valence-corrected chi connectivity index (χ3v) is 4.29. The summed E-state index contributed by atoms with van der Waals surface area (Å²) in [6.07, 6.45) is 9.23. The van der Waals surface area contributed by atoms with Crippen LogP contribution in [0.5, 0.6) is 0 Å². The summed E-state index contributed by atoms with van der Waals surface area (Å²) in [5.74, 6) is 0.390. The lowest BCUT2D eigenvalue weighted by Crippen LogP contribution is -2.23. The summed E-state index contributed by atoms with van der Waals surface area (Å²) in [7, 11) is 0. The second-order valence-corrected chi connectivity index (χ2v) is 6.11. The van der Waals surface area contributed by atoms with E-state index in [-0.39, 0.29) is 11.6 Å². The number of carbonyl (C=O) groups excluding carboxylic acids is 1. The minimum absolute atomic E-state index is 0.263. The van der Waals surface area contributed by atoms with Crippen LogP contribution in [0.2, 0.25) is 5.02 Å².